The van der Waals surface area contributed by atoms with Crippen LogP contribution in [0, 0.1) is 0 Å². The van der Waals surface area contributed by atoms with Crippen molar-refractivity contribution in [3.63, 3.8) is 0 Å². The van der Waals surface area contributed by atoms with Crippen molar-refractivity contribution in [1.82, 2.24) is 0 Å². The van der Waals surface area contributed by atoms with E-state index in [0.717, 1.165) is 5.56 Å². The maximum atomic E-state index is 10.4. The predicted octanol–water partition coefficient (Wildman–Crippen LogP) is 0.188. The Bertz CT molecular complexity index is 505. The van der Waals surface area contributed by atoms with Gasteiger partial charge in [-0.3, -0.25) is 0 Å². The van der Waals surface area contributed by atoms with E-state index >= 15 is 0 Å². The molecule has 1 aromatic carbocycles. The summed E-state index contributed by atoms with van der Waals surface area (Å²) in [4.78, 5) is 0. The van der Waals surface area contributed by atoms with Gasteiger partial charge in [-0.05, 0) is 19.4 Å². The number of ether oxygens (including phenoxy) is 3. The summed E-state index contributed by atoms with van der Waals surface area (Å²) in [6.07, 6.45) is -5.91. The summed E-state index contributed by atoms with van der Waals surface area (Å²) in [6.45, 7) is 3.64. The maximum Gasteiger partial charge on any atom is 0.164 e. The molecule has 0 bridgehead atoms. The molecule has 0 spiro atoms. The molecule has 1 heterocycles. The summed E-state index contributed by atoms with van der Waals surface area (Å²) in [5, 5.41) is 30.9. The number of benzene rings is 1. The second-order valence-corrected chi connectivity index (χ2v) is 6.30. The number of hydrogen-bond acceptors (Lipinski definition) is 6. The SMILES string of the molecule is CC1(C)O[C@@H]2[C@@H](O)[C@H](O)[C@@H](OCc3ccccc3)[C@H](O)[C@@H]2O1. The fraction of sp³-hybridized carbons (Fsp3) is 0.625. The first-order chi connectivity index (χ1) is 10.4. The van der Waals surface area contributed by atoms with Gasteiger partial charge < -0.3 is 29.5 Å². The van der Waals surface area contributed by atoms with Gasteiger partial charge in [0, 0.05) is 0 Å². The average molecular weight is 310 g/mol. The second-order valence-electron chi connectivity index (χ2n) is 6.30. The lowest BCUT2D eigenvalue weighted by Crippen LogP contribution is -2.63. The predicted molar refractivity (Wildman–Crippen MR) is 76.9 cm³/mol. The van der Waals surface area contributed by atoms with Crippen molar-refractivity contribution in [3.05, 3.63) is 35.9 Å². The van der Waals surface area contributed by atoms with Crippen LogP contribution >= 0.6 is 0 Å². The lowest BCUT2D eigenvalue weighted by atomic mass is 9.85. The van der Waals surface area contributed by atoms with Gasteiger partial charge in [-0.25, -0.2) is 0 Å². The summed E-state index contributed by atoms with van der Waals surface area (Å²) < 4.78 is 16.9. The minimum Gasteiger partial charge on any atom is -0.387 e. The first kappa shape index (κ1) is 15.9. The van der Waals surface area contributed by atoms with Gasteiger partial charge in [0.05, 0.1) is 6.61 Å². The zero-order valence-electron chi connectivity index (χ0n) is 12.6. The first-order valence-electron chi connectivity index (χ1n) is 7.44. The molecule has 6 heteroatoms. The highest BCUT2D eigenvalue weighted by Gasteiger charge is 2.57. The molecule has 1 aromatic rings. The van der Waals surface area contributed by atoms with Crippen LogP contribution in [0.1, 0.15) is 19.4 Å². The van der Waals surface area contributed by atoms with Crippen LogP contribution in [-0.4, -0.2) is 57.7 Å². The Morgan fingerprint density at radius 3 is 2.18 bits per heavy atom. The van der Waals surface area contributed by atoms with E-state index in [1.54, 1.807) is 13.8 Å². The Labute approximate surface area is 129 Å². The quantitative estimate of drug-likeness (QED) is 0.738. The molecule has 3 N–H and O–H groups in total. The summed E-state index contributed by atoms with van der Waals surface area (Å²) in [5.74, 6) is -0.911. The molecule has 2 fully saturated rings. The molecule has 0 radical (unpaired) electrons. The minimum atomic E-state index is -1.24. The van der Waals surface area contributed by atoms with Gasteiger partial charge in [-0.2, -0.15) is 0 Å². The molecule has 6 atom stereocenters. The van der Waals surface area contributed by atoms with Crippen molar-refractivity contribution >= 4 is 0 Å². The van der Waals surface area contributed by atoms with Gasteiger partial charge in [-0.1, -0.05) is 30.3 Å². The molecule has 122 valence electrons. The summed E-state index contributed by atoms with van der Waals surface area (Å²) in [5.41, 5.74) is 0.919. The standard InChI is InChI=1S/C16H22O6/c1-16(2)21-14-11(18)10(17)13(12(19)15(14)22-16)20-8-9-6-4-3-5-7-9/h3-7,10-15,17-19H,8H2,1-2H3/t10-,11-,12-,13+,14+,15-/m0/s1. The largest absolute Gasteiger partial charge is 0.387 e. The number of hydrogen-bond donors (Lipinski definition) is 3. The normalized spacial score (nSPS) is 40.4. The van der Waals surface area contributed by atoms with Gasteiger partial charge in [0.1, 0.15) is 36.6 Å². The molecule has 1 saturated heterocycles. The Balaban J connectivity index is 1.72. The van der Waals surface area contributed by atoms with Gasteiger partial charge in [0.15, 0.2) is 5.79 Å². The minimum absolute atomic E-state index is 0.230. The molecule has 1 aliphatic heterocycles. The van der Waals surface area contributed by atoms with E-state index < -0.39 is 42.4 Å². The van der Waals surface area contributed by atoms with Crippen LogP contribution in [0.3, 0.4) is 0 Å². The molecule has 1 saturated carbocycles. The molecule has 0 amide bonds. The molecule has 22 heavy (non-hydrogen) atoms. The Kier molecular flexibility index (Phi) is 4.24. The lowest BCUT2D eigenvalue weighted by molar-refractivity contribution is -0.211. The monoisotopic (exact) mass is 310 g/mol. The van der Waals surface area contributed by atoms with Gasteiger partial charge in [-0.15, -0.1) is 0 Å². The van der Waals surface area contributed by atoms with Crippen LogP contribution < -0.4 is 0 Å². The van der Waals surface area contributed by atoms with Crippen molar-refractivity contribution in [1.29, 1.82) is 0 Å². The highest BCUT2D eigenvalue weighted by atomic mass is 16.8. The highest BCUT2D eigenvalue weighted by Crippen LogP contribution is 2.38. The third-order valence-corrected chi connectivity index (χ3v) is 4.15. The molecule has 6 nitrogen and oxygen atoms in total. The van der Waals surface area contributed by atoms with Crippen molar-refractivity contribution in [2.75, 3.05) is 0 Å². The average Bonchev–Trinajstić information content (AvgIpc) is 2.82. The van der Waals surface area contributed by atoms with Crippen molar-refractivity contribution in [2.45, 2.75) is 62.9 Å². The number of aliphatic hydroxyl groups excluding tert-OH is 3. The third-order valence-electron chi connectivity index (χ3n) is 4.15. The maximum absolute atomic E-state index is 10.4. The third kappa shape index (κ3) is 2.90. The van der Waals surface area contributed by atoms with E-state index in [0.29, 0.717) is 0 Å². The molecule has 0 aromatic heterocycles. The van der Waals surface area contributed by atoms with Crippen LogP contribution in [0.5, 0.6) is 0 Å². The highest BCUT2D eigenvalue weighted by molar-refractivity contribution is 5.14. The molecule has 2 aliphatic rings. The molecular weight excluding hydrogens is 288 g/mol. The first-order valence-corrected chi connectivity index (χ1v) is 7.44. The molecule has 3 rings (SSSR count). The molecule has 0 unspecified atom stereocenters. The van der Waals surface area contributed by atoms with Crippen molar-refractivity contribution < 1.29 is 29.5 Å². The van der Waals surface area contributed by atoms with E-state index in [1.807, 2.05) is 30.3 Å². The summed E-state index contributed by atoms with van der Waals surface area (Å²) in [6, 6.07) is 9.44. The zero-order valence-corrected chi connectivity index (χ0v) is 12.6. The number of aliphatic hydroxyl groups is 3. The summed E-state index contributed by atoms with van der Waals surface area (Å²) in [7, 11) is 0. The van der Waals surface area contributed by atoms with Crippen molar-refractivity contribution in [2.24, 2.45) is 0 Å². The van der Waals surface area contributed by atoms with E-state index in [4.69, 9.17) is 14.2 Å². The zero-order chi connectivity index (χ0) is 15.9. The van der Waals surface area contributed by atoms with E-state index in [9.17, 15) is 15.3 Å². The Morgan fingerprint density at radius 1 is 0.955 bits per heavy atom. The van der Waals surface area contributed by atoms with E-state index in [2.05, 4.69) is 0 Å². The Hall–Kier alpha value is -1.02. The van der Waals surface area contributed by atoms with Crippen LogP contribution in [0.25, 0.3) is 0 Å². The fourth-order valence-corrected chi connectivity index (χ4v) is 3.09. The van der Waals surface area contributed by atoms with E-state index in [1.165, 1.54) is 0 Å². The number of rotatable bonds is 3. The van der Waals surface area contributed by atoms with Gasteiger partial charge in [0.2, 0.25) is 0 Å². The smallest absolute Gasteiger partial charge is 0.164 e. The molecule has 1 aliphatic carbocycles. The Morgan fingerprint density at radius 2 is 1.55 bits per heavy atom. The lowest BCUT2D eigenvalue weighted by Gasteiger charge is -2.41. The molecular formula is C16H22O6. The fourth-order valence-electron chi connectivity index (χ4n) is 3.09. The summed E-state index contributed by atoms with van der Waals surface area (Å²) >= 11 is 0. The van der Waals surface area contributed by atoms with E-state index in [-0.39, 0.29) is 6.61 Å². The van der Waals surface area contributed by atoms with Crippen LogP contribution in [0.2, 0.25) is 0 Å². The van der Waals surface area contributed by atoms with Crippen LogP contribution in [0.4, 0.5) is 0 Å². The van der Waals surface area contributed by atoms with Crippen molar-refractivity contribution in [3.8, 4) is 0 Å². The topological polar surface area (TPSA) is 88.4 Å². The van der Waals surface area contributed by atoms with Crippen LogP contribution in [0.15, 0.2) is 30.3 Å². The van der Waals surface area contributed by atoms with Crippen LogP contribution in [-0.2, 0) is 20.8 Å². The van der Waals surface area contributed by atoms with Gasteiger partial charge in [0.25, 0.3) is 0 Å². The van der Waals surface area contributed by atoms with Gasteiger partial charge >= 0.3 is 0 Å². The second kappa shape index (κ2) is 5.88. The number of fused-ring (bicyclic) bond motifs is 1.